The van der Waals surface area contributed by atoms with Crippen molar-refractivity contribution in [1.82, 2.24) is 30.6 Å². The maximum atomic E-state index is 12.8. The SMILES string of the molecule is CCOC(=O)[C@H](C)C[C@H](N)Cc1ccc(-c2ccccc2)cc1.C[C@H](C[C@@H](Cc1ccc(-c2ccccc2)cc1)NC(=O)c1cc(N)nc(C(=O)O)n1)C(=O)O.C[C@H](C[C@@H](Cc1ccc(-c2ccccc2)cc1)NC(=O)c1nc(N)cc(C(=O)O)n1)C(=O)O. The van der Waals surface area contributed by atoms with Crippen molar-refractivity contribution in [3.63, 3.8) is 0 Å². The first kappa shape index (κ1) is 67.5. The topological polar surface area (TPSA) is 363 Å². The number of nitrogens with one attached hydrogen (secondary N) is 2. The van der Waals surface area contributed by atoms with Crippen molar-refractivity contribution in [1.29, 1.82) is 0 Å². The molecule has 0 saturated heterocycles. The number of hydrogen-bond donors (Lipinski definition) is 9. The molecule has 462 valence electrons. The van der Waals surface area contributed by atoms with Crippen LogP contribution in [0.4, 0.5) is 11.6 Å². The summed E-state index contributed by atoms with van der Waals surface area (Å²) in [7, 11) is 0. The number of carbonyl (C=O) groups excluding carboxylic acids is 3. The molecule has 0 unspecified atom stereocenters. The Morgan fingerprint density at radius 3 is 1.18 bits per heavy atom. The van der Waals surface area contributed by atoms with Crippen LogP contribution in [-0.4, -0.2) is 107 Å². The van der Waals surface area contributed by atoms with Crippen LogP contribution in [0.25, 0.3) is 33.4 Å². The van der Waals surface area contributed by atoms with Crippen molar-refractivity contribution in [2.75, 3.05) is 18.1 Å². The average Bonchev–Trinajstić information content (AvgIpc) is 3.11. The number of carboxylic acids is 4. The molecule has 6 atom stereocenters. The number of amides is 2. The van der Waals surface area contributed by atoms with E-state index in [4.69, 9.17) is 32.2 Å². The van der Waals surface area contributed by atoms with E-state index in [1.54, 1.807) is 13.8 Å². The van der Waals surface area contributed by atoms with E-state index >= 15 is 0 Å². The fourth-order valence-electron chi connectivity index (χ4n) is 9.49. The van der Waals surface area contributed by atoms with Crippen LogP contribution in [0.2, 0.25) is 0 Å². The number of nitrogens with two attached hydrogens (primary N) is 3. The summed E-state index contributed by atoms with van der Waals surface area (Å²) in [5.74, 6) is -9.13. The van der Waals surface area contributed by atoms with Crippen LogP contribution < -0.4 is 27.8 Å². The lowest BCUT2D eigenvalue weighted by Gasteiger charge is -2.21. The van der Waals surface area contributed by atoms with Gasteiger partial charge in [0, 0.05) is 30.3 Å². The monoisotopic (exact) mass is 1210 g/mol. The molecule has 0 aliphatic rings. The Balaban J connectivity index is 0.000000217. The van der Waals surface area contributed by atoms with E-state index in [2.05, 4.69) is 67.0 Å². The van der Waals surface area contributed by atoms with Crippen LogP contribution in [0.5, 0.6) is 0 Å². The zero-order chi connectivity index (χ0) is 64.6. The summed E-state index contributed by atoms with van der Waals surface area (Å²) < 4.78 is 5.02. The van der Waals surface area contributed by atoms with Gasteiger partial charge in [-0.1, -0.05) is 185 Å². The molecular formula is C68H73N9O12. The van der Waals surface area contributed by atoms with E-state index in [1.807, 2.05) is 141 Å². The fourth-order valence-corrected chi connectivity index (χ4v) is 9.49. The number of rotatable bonds is 25. The molecule has 2 aromatic heterocycles. The normalized spacial score (nSPS) is 12.7. The third-order valence-corrected chi connectivity index (χ3v) is 14.1. The number of aromatic nitrogens is 4. The van der Waals surface area contributed by atoms with Gasteiger partial charge in [-0.25, -0.2) is 29.5 Å². The minimum atomic E-state index is -1.41. The highest BCUT2D eigenvalue weighted by atomic mass is 16.5. The van der Waals surface area contributed by atoms with Gasteiger partial charge in [-0.15, -0.1) is 0 Å². The standard InChI is InChI=1S/2C24H24N4O5.C20H25NO2/c1-14(23(30)31)11-18(26-22(29)21-27-19(24(32)33)13-20(25)28-21)12-15-7-9-17(10-8-15)16-5-3-2-4-6-16;1-14(23(30)31)11-18(26-22(29)19-13-20(25)28-21(27-19)24(32)33)12-15-7-9-17(10-8-15)16-5-3-2-4-6-16;1-3-23-20(22)15(2)13-19(21)14-16-9-11-18(12-10-16)17-7-5-4-6-8-17/h2*2-10,13-14,18H,11-12H2,1H3,(H,26,29)(H,30,31)(H,32,33)(H2,25,27,28);4-12,15,19H,3,13-14,21H2,1-2H3/t2*14-,18+;15-,19+/m111/s1. The molecule has 0 aliphatic carbocycles. The van der Waals surface area contributed by atoms with Crippen LogP contribution in [0, 0.1) is 17.8 Å². The number of esters is 1. The second-order valence-corrected chi connectivity index (χ2v) is 21.4. The molecule has 21 heteroatoms. The molecule has 0 fully saturated rings. The van der Waals surface area contributed by atoms with Gasteiger partial charge in [0.1, 0.15) is 17.3 Å². The molecule has 0 aliphatic heterocycles. The molecule has 0 spiro atoms. The van der Waals surface area contributed by atoms with E-state index in [0.717, 1.165) is 45.9 Å². The van der Waals surface area contributed by atoms with Gasteiger partial charge in [-0.2, -0.15) is 0 Å². The minimum absolute atomic E-state index is 0.0445. The Morgan fingerprint density at radius 2 is 0.798 bits per heavy atom. The first-order valence-electron chi connectivity index (χ1n) is 28.7. The molecule has 8 rings (SSSR count). The number of nitrogen functional groups attached to an aromatic ring is 2. The number of benzene rings is 6. The van der Waals surface area contributed by atoms with Crippen molar-refractivity contribution >= 4 is 53.3 Å². The van der Waals surface area contributed by atoms with Crippen LogP contribution in [0.3, 0.4) is 0 Å². The molecule has 6 aromatic carbocycles. The molecule has 2 amide bonds. The lowest BCUT2D eigenvalue weighted by Crippen LogP contribution is -2.39. The Hall–Kier alpha value is -10.7. The molecule has 2 heterocycles. The van der Waals surface area contributed by atoms with Gasteiger partial charge in [0.2, 0.25) is 11.6 Å². The Morgan fingerprint density at radius 1 is 0.438 bits per heavy atom. The van der Waals surface area contributed by atoms with Gasteiger partial charge in [0.15, 0.2) is 5.69 Å². The van der Waals surface area contributed by atoms with Crippen molar-refractivity contribution in [3.8, 4) is 33.4 Å². The zero-order valence-corrected chi connectivity index (χ0v) is 49.7. The first-order valence-corrected chi connectivity index (χ1v) is 28.7. The molecule has 12 N–H and O–H groups in total. The molecule has 0 bridgehead atoms. The molecular weight excluding hydrogens is 1130 g/mol. The van der Waals surface area contributed by atoms with Gasteiger partial charge < -0.3 is 53.0 Å². The van der Waals surface area contributed by atoms with E-state index < -0.39 is 71.1 Å². The van der Waals surface area contributed by atoms with Crippen molar-refractivity contribution in [2.45, 2.75) is 84.3 Å². The predicted octanol–water partition coefficient (Wildman–Crippen LogP) is 9.56. The average molecular weight is 1210 g/mol. The van der Waals surface area contributed by atoms with Crippen LogP contribution in [-0.2, 0) is 38.4 Å². The van der Waals surface area contributed by atoms with Crippen LogP contribution in [0.15, 0.2) is 176 Å². The number of anilines is 2. The zero-order valence-electron chi connectivity index (χ0n) is 49.7. The number of nitrogens with zero attached hydrogens (tertiary/aromatic N) is 4. The molecule has 0 radical (unpaired) electrons. The van der Waals surface area contributed by atoms with Crippen LogP contribution >= 0.6 is 0 Å². The summed E-state index contributed by atoms with van der Waals surface area (Å²) in [4.78, 5) is 97.2. The maximum Gasteiger partial charge on any atom is 0.374 e. The van der Waals surface area contributed by atoms with E-state index in [9.17, 15) is 43.8 Å². The van der Waals surface area contributed by atoms with Gasteiger partial charge in [0.05, 0.1) is 24.4 Å². The Kier molecular flexibility index (Phi) is 25.2. The second-order valence-electron chi connectivity index (χ2n) is 21.4. The highest BCUT2D eigenvalue weighted by Gasteiger charge is 2.26. The number of carboxylic acid groups (broad SMARTS) is 4. The Labute approximate surface area is 515 Å². The maximum absolute atomic E-state index is 12.8. The summed E-state index contributed by atoms with van der Waals surface area (Å²) >= 11 is 0. The van der Waals surface area contributed by atoms with Crippen molar-refractivity contribution in [3.05, 3.63) is 216 Å². The molecule has 21 nitrogen and oxygen atoms in total. The Bertz CT molecular complexity index is 3470. The third kappa shape index (κ3) is 21.7. The number of aromatic carboxylic acids is 2. The van der Waals surface area contributed by atoms with Gasteiger partial charge >= 0.3 is 29.8 Å². The van der Waals surface area contributed by atoms with Gasteiger partial charge in [-0.3, -0.25) is 24.0 Å². The highest BCUT2D eigenvalue weighted by molar-refractivity contribution is 5.95. The third-order valence-electron chi connectivity index (χ3n) is 14.1. The first-order chi connectivity index (χ1) is 42.5. The number of aliphatic carboxylic acids is 2. The summed E-state index contributed by atoms with van der Waals surface area (Å²) in [5, 5.41) is 42.4. The number of ether oxygens (including phenoxy) is 1. The number of carbonyl (C=O) groups is 7. The fraction of sp³-hybridized carbons (Fsp3) is 0.250. The lowest BCUT2D eigenvalue weighted by molar-refractivity contribution is -0.148. The predicted molar refractivity (Wildman–Crippen MR) is 337 cm³/mol. The second kappa shape index (κ2) is 33.3. The van der Waals surface area contributed by atoms with E-state index in [0.29, 0.717) is 25.9 Å². The van der Waals surface area contributed by atoms with Gasteiger partial charge in [0.25, 0.3) is 11.8 Å². The smallest absolute Gasteiger partial charge is 0.374 e. The molecule has 89 heavy (non-hydrogen) atoms. The van der Waals surface area contributed by atoms with Gasteiger partial charge in [-0.05, 0) is 95.5 Å². The van der Waals surface area contributed by atoms with Crippen LogP contribution in [0.1, 0.15) is 106 Å². The molecule has 0 saturated carbocycles. The van der Waals surface area contributed by atoms with Crippen molar-refractivity contribution in [2.24, 2.45) is 23.5 Å². The molecule has 8 aromatic rings. The largest absolute Gasteiger partial charge is 0.481 e. The van der Waals surface area contributed by atoms with E-state index in [-0.39, 0.29) is 53.9 Å². The summed E-state index contributed by atoms with van der Waals surface area (Å²) in [6.45, 7) is 7.22. The summed E-state index contributed by atoms with van der Waals surface area (Å²) in [5.41, 5.74) is 26.4. The van der Waals surface area contributed by atoms with E-state index in [1.165, 1.54) is 22.8 Å². The number of hydrogen-bond acceptors (Lipinski definition) is 15. The summed E-state index contributed by atoms with van der Waals surface area (Å²) in [6.07, 6.45) is 2.48. The minimum Gasteiger partial charge on any atom is -0.481 e. The summed E-state index contributed by atoms with van der Waals surface area (Å²) in [6, 6.07) is 55.1. The lowest BCUT2D eigenvalue weighted by atomic mass is 9.95. The quantitative estimate of drug-likeness (QED) is 0.0240. The van der Waals surface area contributed by atoms with Crippen molar-refractivity contribution < 1.29 is 58.7 Å². The highest BCUT2D eigenvalue weighted by Crippen LogP contribution is 2.24.